The Bertz CT molecular complexity index is 713. The van der Waals surface area contributed by atoms with Crippen molar-refractivity contribution >= 4 is 21.4 Å². The fraction of sp³-hybridized carbons (Fsp3) is 0.250. The molecule has 108 valence electrons. The van der Waals surface area contributed by atoms with Crippen molar-refractivity contribution in [2.75, 3.05) is 0 Å². The van der Waals surface area contributed by atoms with Crippen molar-refractivity contribution in [2.45, 2.75) is 25.0 Å². The van der Waals surface area contributed by atoms with Crippen LogP contribution in [0.2, 0.25) is 0 Å². The van der Waals surface area contributed by atoms with Crippen LogP contribution in [-0.2, 0) is 23.2 Å². The van der Waals surface area contributed by atoms with Crippen LogP contribution in [0.25, 0.3) is 0 Å². The van der Waals surface area contributed by atoms with E-state index in [0.29, 0.717) is 11.3 Å². The highest BCUT2D eigenvalue weighted by atomic mass is 32.2. The molecule has 0 radical (unpaired) electrons. The fourth-order valence-electron chi connectivity index (χ4n) is 1.60. The second kappa shape index (κ2) is 5.96. The quantitative estimate of drug-likeness (QED) is 0.877. The minimum absolute atomic E-state index is 0.00780. The molecule has 0 aliphatic rings. The predicted octanol–water partition coefficient (Wildman–Crippen LogP) is 1.56. The van der Waals surface area contributed by atoms with Crippen LogP contribution in [0.4, 0.5) is 4.39 Å². The van der Waals surface area contributed by atoms with Crippen molar-refractivity contribution in [2.24, 2.45) is 0 Å². The van der Waals surface area contributed by atoms with Gasteiger partial charge in [-0.25, -0.2) is 22.5 Å². The Kier molecular flexibility index (Phi) is 4.48. The average Bonchev–Trinajstić information content (AvgIpc) is 2.82. The van der Waals surface area contributed by atoms with E-state index in [4.69, 9.17) is 5.11 Å². The standard InChI is InChI=1S/C12H13FN2O3S2/c1-8-15-10(7-19-8)5-14-20(17,18)12-3-2-9(6-16)4-11(12)13/h2-4,7,14,16H,5-6H2,1H3. The highest BCUT2D eigenvalue weighted by Gasteiger charge is 2.19. The Hall–Kier alpha value is -1.35. The maximum Gasteiger partial charge on any atom is 0.243 e. The van der Waals surface area contributed by atoms with Crippen LogP contribution < -0.4 is 4.72 Å². The molecular formula is C12H13FN2O3S2. The summed E-state index contributed by atoms with van der Waals surface area (Å²) in [6.45, 7) is 1.48. The molecule has 0 spiro atoms. The molecule has 1 heterocycles. The number of aliphatic hydroxyl groups is 1. The van der Waals surface area contributed by atoms with E-state index in [1.807, 2.05) is 6.92 Å². The number of nitrogens with one attached hydrogen (secondary N) is 1. The van der Waals surface area contributed by atoms with E-state index >= 15 is 0 Å². The Balaban J connectivity index is 2.18. The minimum atomic E-state index is -3.95. The van der Waals surface area contributed by atoms with Gasteiger partial charge in [0.1, 0.15) is 10.7 Å². The summed E-state index contributed by atoms with van der Waals surface area (Å²) in [7, 11) is -3.95. The third-order valence-corrected chi connectivity index (χ3v) is 4.84. The number of rotatable bonds is 5. The molecule has 1 aromatic heterocycles. The Morgan fingerprint density at radius 2 is 2.20 bits per heavy atom. The molecule has 0 bridgehead atoms. The first kappa shape index (κ1) is 15.0. The average molecular weight is 316 g/mol. The molecule has 0 saturated carbocycles. The number of benzene rings is 1. The zero-order valence-corrected chi connectivity index (χ0v) is 12.3. The minimum Gasteiger partial charge on any atom is -0.392 e. The normalized spacial score (nSPS) is 11.8. The molecule has 2 N–H and O–H groups in total. The number of aliphatic hydroxyl groups excluding tert-OH is 1. The van der Waals surface area contributed by atoms with E-state index in [9.17, 15) is 12.8 Å². The summed E-state index contributed by atoms with van der Waals surface area (Å²) in [5, 5.41) is 11.4. The van der Waals surface area contributed by atoms with E-state index in [1.54, 1.807) is 5.38 Å². The lowest BCUT2D eigenvalue weighted by Crippen LogP contribution is -2.24. The second-order valence-corrected chi connectivity index (χ2v) is 6.90. The highest BCUT2D eigenvalue weighted by molar-refractivity contribution is 7.89. The van der Waals surface area contributed by atoms with Gasteiger partial charge in [0.25, 0.3) is 0 Å². The number of hydrogen-bond acceptors (Lipinski definition) is 5. The fourth-order valence-corrected chi connectivity index (χ4v) is 3.27. The number of halogens is 1. The molecule has 5 nitrogen and oxygen atoms in total. The summed E-state index contributed by atoms with van der Waals surface area (Å²) >= 11 is 1.41. The lowest BCUT2D eigenvalue weighted by atomic mass is 10.2. The van der Waals surface area contributed by atoms with Gasteiger partial charge in [0, 0.05) is 5.38 Å². The van der Waals surface area contributed by atoms with E-state index < -0.39 is 20.7 Å². The van der Waals surface area contributed by atoms with Gasteiger partial charge in [-0.15, -0.1) is 11.3 Å². The topological polar surface area (TPSA) is 79.3 Å². The molecule has 20 heavy (non-hydrogen) atoms. The molecule has 0 unspecified atom stereocenters. The molecule has 2 aromatic rings. The number of thiazole rings is 1. The number of sulfonamides is 1. The first-order valence-electron chi connectivity index (χ1n) is 5.72. The van der Waals surface area contributed by atoms with Crippen LogP contribution in [0.15, 0.2) is 28.5 Å². The highest BCUT2D eigenvalue weighted by Crippen LogP contribution is 2.17. The van der Waals surface area contributed by atoms with Gasteiger partial charge >= 0.3 is 0 Å². The van der Waals surface area contributed by atoms with Gasteiger partial charge in [-0.1, -0.05) is 6.07 Å². The van der Waals surface area contributed by atoms with Crippen LogP contribution in [-0.4, -0.2) is 18.5 Å². The van der Waals surface area contributed by atoms with Crippen LogP contribution >= 0.6 is 11.3 Å². The van der Waals surface area contributed by atoms with Crippen molar-refractivity contribution in [1.29, 1.82) is 0 Å². The summed E-state index contributed by atoms with van der Waals surface area (Å²) in [5.41, 5.74) is 0.903. The predicted molar refractivity (Wildman–Crippen MR) is 73.2 cm³/mol. The molecule has 8 heteroatoms. The Morgan fingerprint density at radius 3 is 2.75 bits per heavy atom. The van der Waals surface area contributed by atoms with Crippen LogP contribution in [0, 0.1) is 12.7 Å². The van der Waals surface area contributed by atoms with Gasteiger partial charge < -0.3 is 5.11 Å². The van der Waals surface area contributed by atoms with Crippen LogP contribution in [0.1, 0.15) is 16.3 Å². The Morgan fingerprint density at radius 1 is 1.45 bits per heavy atom. The van der Waals surface area contributed by atoms with Crippen molar-refractivity contribution < 1.29 is 17.9 Å². The molecule has 0 amide bonds. The SMILES string of the molecule is Cc1nc(CNS(=O)(=O)c2ccc(CO)cc2F)cs1. The first-order valence-corrected chi connectivity index (χ1v) is 8.08. The van der Waals surface area contributed by atoms with Gasteiger partial charge in [0.2, 0.25) is 10.0 Å². The monoisotopic (exact) mass is 316 g/mol. The first-order chi connectivity index (χ1) is 9.42. The van der Waals surface area contributed by atoms with Crippen molar-refractivity contribution in [1.82, 2.24) is 9.71 Å². The second-order valence-electron chi connectivity index (χ2n) is 4.11. The van der Waals surface area contributed by atoms with Crippen LogP contribution in [0.5, 0.6) is 0 Å². The third-order valence-electron chi connectivity index (χ3n) is 2.58. The van der Waals surface area contributed by atoms with Gasteiger partial charge in [-0.2, -0.15) is 0 Å². The Labute approximate surface area is 120 Å². The summed E-state index contributed by atoms with van der Waals surface area (Å²) in [6, 6.07) is 3.50. The van der Waals surface area contributed by atoms with Crippen molar-refractivity contribution in [3.05, 3.63) is 45.7 Å². The zero-order valence-electron chi connectivity index (χ0n) is 10.6. The van der Waals surface area contributed by atoms with E-state index in [-0.39, 0.29) is 13.2 Å². The van der Waals surface area contributed by atoms with Gasteiger partial charge in [0.15, 0.2) is 0 Å². The maximum absolute atomic E-state index is 13.7. The lowest BCUT2D eigenvalue weighted by molar-refractivity contribution is 0.281. The molecule has 1 aromatic carbocycles. The van der Waals surface area contributed by atoms with Gasteiger partial charge in [-0.05, 0) is 24.6 Å². The van der Waals surface area contributed by atoms with Gasteiger partial charge in [-0.3, -0.25) is 0 Å². The van der Waals surface area contributed by atoms with Crippen molar-refractivity contribution in [3.8, 4) is 0 Å². The van der Waals surface area contributed by atoms with Crippen molar-refractivity contribution in [3.63, 3.8) is 0 Å². The number of aromatic nitrogens is 1. The lowest BCUT2D eigenvalue weighted by Gasteiger charge is -2.07. The van der Waals surface area contributed by atoms with E-state index in [1.165, 1.54) is 17.4 Å². The molecule has 0 fully saturated rings. The third kappa shape index (κ3) is 3.40. The van der Waals surface area contributed by atoms with Crippen LogP contribution in [0.3, 0.4) is 0 Å². The van der Waals surface area contributed by atoms with E-state index in [0.717, 1.165) is 17.1 Å². The molecular weight excluding hydrogens is 303 g/mol. The molecule has 2 rings (SSSR count). The largest absolute Gasteiger partial charge is 0.392 e. The summed E-state index contributed by atoms with van der Waals surface area (Å²) in [5.74, 6) is -0.890. The molecule has 0 saturated heterocycles. The summed E-state index contributed by atoms with van der Waals surface area (Å²) < 4.78 is 40.0. The van der Waals surface area contributed by atoms with E-state index in [2.05, 4.69) is 9.71 Å². The summed E-state index contributed by atoms with van der Waals surface area (Å²) in [4.78, 5) is 3.68. The zero-order chi connectivity index (χ0) is 14.8. The molecule has 0 atom stereocenters. The molecule has 0 aliphatic heterocycles. The number of nitrogens with zero attached hydrogens (tertiary/aromatic N) is 1. The summed E-state index contributed by atoms with van der Waals surface area (Å²) in [6.07, 6.45) is 0. The maximum atomic E-state index is 13.7. The number of aryl methyl sites for hydroxylation is 1. The smallest absolute Gasteiger partial charge is 0.243 e. The molecule has 0 aliphatic carbocycles. The number of hydrogen-bond donors (Lipinski definition) is 2. The van der Waals surface area contributed by atoms with Gasteiger partial charge in [0.05, 0.1) is 23.9 Å².